The number of methoxy groups -OCH3 is 2. The van der Waals surface area contributed by atoms with Crippen LogP contribution in [0.1, 0.15) is 58.4 Å². The Balaban J connectivity index is 1.82. The summed E-state index contributed by atoms with van der Waals surface area (Å²) in [5.41, 5.74) is -2.16. The van der Waals surface area contributed by atoms with Crippen LogP contribution in [0.15, 0.2) is 35.9 Å². The number of ether oxygens (including phenoxy) is 4. The van der Waals surface area contributed by atoms with Crippen molar-refractivity contribution in [1.82, 2.24) is 10.2 Å². The number of benzene rings is 1. The van der Waals surface area contributed by atoms with Gasteiger partial charge in [-0.3, -0.25) is 14.9 Å². The molecule has 3 amide bonds. The zero-order valence-corrected chi connectivity index (χ0v) is 31.1. The predicted molar refractivity (Wildman–Crippen MR) is 187 cm³/mol. The Labute approximate surface area is 303 Å². The standard InChI is InChI=1S/C35H48ClN3O10S/c1-20-9-8-10-27(47-7)35(45)19-26(48-32(44)37-35)21(2)34(18-24(31(42)43)39(5)29(41)12-14-50)33(3,49-34)13-11-28(40)38(4)23-16-22(15-20)17-25(46-6)30(23)36/h8-10,16-17,21,24,26-27,45,50H,11-15,18-19H2,1-7H3,(H,37,44)(H,42,43)/p-1/b10-8+,20-9+/t21-,24+,26+,27-,33+,34+,35+/m1/s1. The molecule has 0 aliphatic carbocycles. The van der Waals surface area contributed by atoms with Crippen LogP contribution in [0.4, 0.5) is 10.5 Å². The molecule has 276 valence electrons. The Morgan fingerprint density at radius 1 is 1.30 bits per heavy atom. The summed E-state index contributed by atoms with van der Waals surface area (Å²) in [6.07, 6.45) is 2.47. The Morgan fingerprint density at radius 2 is 2.00 bits per heavy atom. The molecule has 0 spiro atoms. The van der Waals surface area contributed by atoms with Gasteiger partial charge in [-0.25, -0.2) is 4.79 Å². The van der Waals surface area contributed by atoms with Gasteiger partial charge in [-0.2, -0.15) is 12.6 Å². The normalized spacial score (nSPS) is 32.4. The third-order valence-electron chi connectivity index (χ3n) is 10.3. The number of alkyl carbamates (subject to hydrolysis) is 1. The quantitative estimate of drug-likeness (QED) is 0.267. The smallest absolute Gasteiger partial charge is 0.409 e. The lowest BCUT2D eigenvalue weighted by atomic mass is 9.72. The Morgan fingerprint density at radius 3 is 2.62 bits per heavy atom. The van der Waals surface area contributed by atoms with Gasteiger partial charge in [-0.05, 0) is 50.1 Å². The second-order valence-corrected chi connectivity index (χ2v) is 14.4. The van der Waals surface area contributed by atoms with E-state index in [1.54, 1.807) is 39.1 Å². The summed E-state index contributed by atoms with van der Waals surface area (Å²) in [4.78, 5) is 54.7. The number of allylic oxidation sites excluding steroid dienone is 3. The summed E-state index contributed by atoms with van der Waals surface area (Å²) in [5.74, 6) is -2.38. The molecule has 3 aliphatic rings. The molecular formula is C35H47ClN3O10S-. The number of carboxylic acid groups (broad SMARTS) is 1. The minimum absolute atomic E-state index is 0.000964. The summed E-state index contributed by atoms with van der Waals surface area (Å²) in [7, 11) is 5.88. The van der Waals surface area contributed by atoms with Crippen LogP contribution in [0, 0.1) is 5.92 Å². The fourth-order valence-corrected chi connectivity index (χ4v) is 7.70. The first-order valence-corrected chi connectivity index (χ1v) is 17.4. The minimum Gasteiger partial charge on any atom is -0.548 e. The summed E-state index contributed by atoms with van der Waals surface area (Å²) < 4.78 is 23.4. The zero-order valence-electron chi connectivity index (χ0n) is 29.5. The van der Waals surface area contributed by atoms with Gasteiger partial charge in [-0.15, -0.1) is 0 Å². The number of aliphatic hydroxyl groups is 1. The molecule has 7 atom stereocenters. The highest BCUT2D eigenvalue weighted by molar-refractivity contribution is 7.80. The van der Waals surface area contributed by atoms with Crippen LogP contribution in [0.3, 0.4) is 0 Å². The lowest BCUT2D eigenvalue weighted by molar-refractivity contribution is -0.311. The molecule has 1 aromatic carbocycles. The number of aliphatic carboxylic acids is 1. The van der Waals surface area contributed by atoms with E-state index >= 15 is 0 Å². The highest BCUT2D eigenvalue weighted by Gasteiger charge is 2.71. The van der Waals surface area contributed by atoms with Gasteiger partial charge < -0.3 is 43.8 Å². The van der Waals surface area contributed by atoms with Gasteiger partial charge in [0.2, 0.25) is 11.8 Å². The monoisotopic (exact) mass is 736 g/mol. The molecular weight excluding hydrogens is 690 g/mol. The van der Waals surface area contributed by atoms with Crippen molar-refractivity contribution < 1.29 is 48.3 Å². The second-order valence-electron chi connectivity index (χ2n) is 13.5. The van der Waals surface area contributed by atoms with Gasteiger partial charge >= 0.3 is 6.09 Å². The Bertz CT molecular complexity index is 1560. The van der Waals surface area contributed by atoms with Crippen LogP contribution in [0.5, 0.6) is 5.75 Å². The Kier molecular flexibility index (Phi) is 12.3. The van der Waals surface area contributed by atoms with E-state index in [4.69, 9.17) is 30.5 Å². The number of thiol groups is 1. The number of carbonyl (C=O) groups is 4. The average molecular weight is 737 g/mol. The number of epoxide rings is 1. The first-order valence-electron chi connectivity index (χ1n) is 16.4. The van der Waals surface area contributed by atoms with E-state index in [2.05, 4.69) is 17.9 Å². The molecule has 0 saturated carbocycles. The zero-order chi connectivity index (χ0) is 37.2. The predicted octanol–water partition coefficient (Wildman–Crippen LogP) is 2.80. The number of hydrogen-bond acceptors (Lipinski definition) is 11. The number of amides is 3. The maximum Gasteiger partial charge on any atom is 0.409 e. The van der Waals surface area contributed by atoms with Gasteiger partial charge in [0.15, 0.2) is 5.72 Å². The van der Waals surface area contributed by atoms with Crippen molar-refractivity contribution in [2.45, 2.75) is 94.5 Å². The number of fused-ring (bicyclic) bond motifs is 5. The number of hydrogen-bond donors (Lipinski definition) is 3. The lowest BCUT2D eigenvalue weighted by Gasteiger charge is -2.44. The van der Waals surface area contributed by atoms with Gasteiger partial charge in [0.25, 0.3) is 0 Å². The van der Waals surface area contributed by atoms with Gasteiger partial charge in [0.05, 0.1) is 30.4 Å². The van der Waals surface area contributed by atoms with Gasteiger partial charge in [0.1, 0.15) is 28.6 Å². The molecule has 4 rings (SSSR count). The fraction of sp³-hybridized carbons (Fsp3) is 0.600. The summed E-state index contributed by atoms with van der Waals surface area (Å²) in [5, 5.41) is 27.2. The summed E-state index contributed by atoms with van der Waals surface area (Å²) in [6, 6.07) is 2.19. The number of anilines is 1. The topological polar surface area (TPSA) is 170 Å². The molecule has 0 radical (unpaired) electrons. The molecule has 50 heavy (non-hydrogen) atoms. The van der Waals surface area contributed by atoms with Crippen LogP contribution >= 0.6 is 24.2 Å². The van der Waals surface area contributed by atoms with E-state index in [9.17, 15) is 29.4 Å². The van der Waals surface area contributed by atoms with Crippen LogP contribution in [0.25, 0.3) is 0 Å². The maximum absolute atomic E-state index is 13.8. The molecule has 0 unspecified atom stereocenters. The molecule has 1 aromatic rings. The molecule has 4 bridgehead atoms. The van der Waals surface area contributed by atoms with Crippen LogP contribution in [-0.2, 0) is 35.0 Å². The molecule has 2 saturated heterocycles. The molecule has 0 aromatic heterocycles. The number of halogens is 1. The number of carbonyl (C=O) groups excluding carboxylic acids is 4. The van der Waals surface area contributed by atoms with Crippen LogP contribution in [-0.4, -0.2) is 103 Å². The van der Waals surface area contributed by atoms with E-state index in [1.807, 2.05) is 19.1 Å². The van der Waals surface area contributed by atoms with E-state index in [0.717, 1.165) is 16.0 Å². The van der Waals surface area contributed by atoms with E-state index in [-0.39, 0.29) is 48.8 Å². The number of rotatable bonds is 8. The molecule has 13 nitrogen and oxygen atoms in total. The van der Waals surface area contributed by atoms with E-state index < -0.39 is 59.1 Å². The number of carboxylic acids is 1. The summed E-state index contributed by atoms with van der Waals surface area (Å²) >= 11 is 10.8. The largest absolute Gasteiger partial charge is 0.548 e. The van der Waals surface area contributed by atoms with Crippen molar-refractivity contribution in [3.8, 4) is 5.75 Å². The molecule has 3 heterocycles. The molecule has 15 heteroatoms. The molecule has 2 fully saturated rings. The van der Waals surface area contributed by atoms with Gasteiger partial charge in [0, 0.05) is 52.8 Å². The average Bonchev–Trinajstić information content (AvgIpc) is 3.67. The van der Waals surface area contributed by atoms with Crippen molar-refractivity contribution >= 4 is 53.8 Å². The summed E-state index contributed by atoms with van der Waals surface area (Å²) in [6.45, 7) is 5.40. The van der Waals surface area contributed by atoms with Crippen LogP contribution in [0.2, 0.25) is 5.02 Å². The highest BCUT2D eigenvalue weighted by atomic mass is 35.5. The van der Waals surface area contributed by atoms with Crippen molar-refractivity contribution in [2.24, 2.45) is 5.92 Å². The van der Waals surface area contributed by atoms with E-state index in [0.29, 0.717) is 17.9 Å². The first kappa shape index (κ1) is 39.5. The lowest BCUT2D eigenvalue weighted by Crippen LogP contribution is -2.64. The Hall–Kier alpha value is -3.30. The third kappa shape index (κ3) is 7.94. The fourth-order valence-electron chi connectivity index (χ4n) is 7.19. The first-order chi connectivity index (χ1) is 23.5. The number of nitrogens with one attached hydrogen (secondary N) is 1. The third-order valence-corrected chi connectivity index (χ3v) is 10.9. The highest BCUT2D eigenvalue weighted by Crippen LogP contribution is 2.60. The SMILES string of the molecule is COc1cc2cc(c1Cl)N(C)C(=O)CC[C@]1(C)O[C@@]1(C[C@@H](C(=O)[O-])N(C)C(=O)CCS)[C@H](C)[C@@H]1C[C@@](O)(NC(=O)O1)[C@H](OC)/C=C/C=C(\C)C2. The van der Waals surface area contributed by atoms with Crippen molar-refractivity contribution in [3.05, 3.63) is 46.5 Å². The minimum atomic E-state index is -1.92. The van der Waals surface area contributed by atoms with Crippen molar-refractivity contribution in [2.75, 3.05) is 39.0 Å². The van der Waals surface area contributed by atoms with Crippen molar-refractivity contribution in [1.29, 1.82) is 0 Å². The second kappa shape index (κ2) is 15.5. The van der Waals surface area contributed by atoms with Crippen LogP contribution < -0.4 is 20.1 Å². The molecule has 2 N–H and O–H groups in total. The number of likely N-dealkylation sites (N-methyl/N-ethyl adjacent to an activating group) is 1. The number of nitrogens with zero attached hydrogens (tertiary/aromatic N) is 2. The maximum atomic E-state index is 13.8. The van der Waals surface area contributed by atoms with E-state index in [1.165, 1.54) is 26.2 Å². The van der Waals surface area contributed by atoms with Gasteiger partial charge in [-0.1, -0.05) is 42.3 Å². The molecule has 3 aliphatic heterocycles. The van der Waals surface area contributed by atoms with Crippen molar-refractivity contribution in [3.63, 3.8) is 0 Å².